The quantitative estimate of drug-likeness (QED) is 0.664. The number of benzene rings is 2. The van der Waals surface area contributed by atoms with Crippen molar-refractivity contribution in [2.45, 2.75) is 25.8 Å². The lowest BCUT2D eigenvalue weighted by molar-refractivity contribution is -0.117. The van der Waals surface area contributed by atoms with Gasteiger partial charge < -0.3 is 10.2 Å². The topological polar surface area (TPSA) is 67.2 Å². The second kappa shape index (κ2) is 8.32. The second-order valence-electron chi connectivity index (χ2n) is 7.48. The zero-order chi connectivity index (χ0) is 21.3. The van der Waals surface area contributed by atoms with E-state index in [4.69, 9.17) is 11.6 Å². The first-order chi connectivity index (χ1) is 14.4. The molecule has 30 heavy (non-hydrogen) atoms. The third kappa shape index (κ3) is 3.96. The molecule has 1 aromatic heterocycles. The molecule has 1 N–H and O–H groups in total. The van der Waals surface area contributed by atoms with E-state index in [2.05, 4.69) is 10.4 Å². The fraction of sp³-hybridized carbons (Fsp3) is 0.261. The molecule has 0 radical (unpaired) electrons. The number of amides is 2. The first-order valence-corrected chi connectivity index (χ1v) is 10.3. The van der Waals surface area contributed by atoms with Gasteiger partial charge in [0.2, 0.25) is 5.91 Å². The van der Waals surface area contributed by atoms with Crippen molar-refractivity contribution in [3.05, 3.63) is 70.9 Å². The van der Waals surface area contributed by atoms with Crippen LogP contribution in [0.3, 0.4) is 0 Å². The van der Waals surface area contributed by atoms with Crippen LogP contribution < -0.4 is 10.2 Å². The summed E-state index contributed by atoms with van der Waals surface area (Å²) in [6.45, 7) is 2.66. The molecule has 0 spiro atoms. The Morgan fingerprint density at radius 2 is 2.00 bits per heavy atom. The average Bonchev–Trinajstić information content (AvgIpc) is 3.34. The molecule has 1 saturated heterocycles. The maximum atomic E-state index is 13.1. The van der Waals surface area contributed by atoms with E-state index in [1.807, 2.05) is 49.4 Å². The molecule has 0 aliphatic carbocycles. The number of aryl methyl sites for hydroxylation is 1. The van der Waals surface area contributed by atoms with Gasteiger partial charge in [0.1, 0.15) is 5.69 Å². The maximum Gasteiger partial charge on any atom is 0.255 e. The third-order valence-corrected chi connectivity index (χ3v) is 5.63. The zero-order valence-electron chi connectivity index (χ0n) is 16.9. The van der Waals surface area contributed by atoms with E-state index < -0.39 is 0 Å². The molecule has 2 amide bonds. The molecule has 4 rings (SSSR count). The average molecular weight is 423 g/mol. The SMILES string of the molecule is CC(NC(=O)c1cn(C)nc1-c1ccccc1Cl)c1cccc(N2CCCC2=O)c1. The minimum Gasteiger partial charge on any atom is -0.345 e. The third-order valence-electron chi connectivity index (χ3n) is 5.31. The van der Waals surface area contributed by atoms with E-state index in [1.54, 1.807) is 28.9 Å². The minimum atomic E-state index is -0.241. The Labute approximate surface area is 180 Å². The molecule has 1 unspecified atom stereocenters. The number of nitrogens with zero attached hydrogens (tertiary/aromatic N) is 3. The van der Waals surface area contributed by atoms with Gasteiger partial charge in [-0.1, -0.05) is 41.9 Å². The lowest BCUT2D eigenvalue weighted by atomic mass is 10.0. The Bertz CT molecular complexity index is 1110. The second-order valence-corrected chi connectivity index (χ2v) is 7.89. The van der Waals surface area contributed by atoms with Crippen molar-refractivity contribution in [1.82, 2.24) is 15.1 Å². The van der Waals surface area contributed by atoms with Crippen LogP contribution in [0.25, 0.3) is 11.3 Å². The molecule has 2 heterocycles. The molecule has 1 fully saturated rings. The van der Waals surface area contributed by atoms with Gasteiger partial charge in [-0.3, -0.25) is 14.3 Å². The lowest BCUT2D eigenvalue weighted by Crippen LogP contribution is -2.27. The Kier molecular flexibility index (Phi) is 5.59. The number of hydrogen-bond donors (Lipinski definition) is 1. The zero-order valence-corrected chi connectivity index (χ0v) is 17.7. The Morgan fingerprint density at radius 1 is 1.20 bits per heavy atom. The van der Waals surface area contributed by atoms with Gasteiger partial charge in [0, 0.05) is 37.5 Å². The van der Waals surface area contributed by atoms with Crippen LogP contribution in [0.15, 0.2) is 54.7 Å². The monoisotopic (exact) mass is 422 g/mol. The molecule has 6 nitrogen and oxygen atoms in total. The fourth-order valence-corrected chi connectivity index (χ4v) is 3.97. The van der Waals surface area contributed by atoms with E-state index in [0.717, 1.165) is 24.2 Å². The molecule has 1 aliphatic rings. The predicted molar refractivity (Wildman–Crippen MR) is 118 cm³/mol. The van der Waals surface area contributed by atoms with E-state index in [9.17, 15) is 9.59 Å². The van der Waals surface area contributed by atoms with E-state index >= 15 is 0 Å². The molecule has 1 aliphatic heterocycles. The molecule has 2 aromatic carbocycles. The van der Waals surface area contributed by atoms with E-state index in [0.29, 0.717) is 28.3 Å². The predicted octanol–water partition coefficient (Wildman–Crippen LogP) is 4.36. The van der Waals surface area contributed by atoms with Crippen molar-refractivity contribution >= 4 is 29.1 Å². The minimum absolute atomic E-state index is 0.142. The van der Waals surface area contributed by atoms with Crippen LogP contribution in [-0.4, -0.2) is 28.1 Å². The number of aromatic nitrogens is 2. The van der Waals surface area contributed by atoms with Crippen molar-refractivity contribution in [1.29, 1.82) is 0 Å². The van der Waals surface area contributed by atoms with Gasteiger partial charge in [-0.15, -0.1) is 0 Å². The first-order valence-electron chi connectivity index (χ1n) is 9.94. The lowest BCUT2D eigenvalue weighted by Gasteiger charge is -2.19. The standard InChI is InChI=1S/C23H23ClN4O2/c1-15(16-7-5-8-17(13-16)28-12-6-11-21(28)29)25-23(30)19-14-27(2)26-22(19)18-9-3-4-10-20(18)24/h3-5,7-10,13-15H,6,11-12H2,1-2H3,(H,25,30). The molecular weight excluding hydrogens is 400 g/mol. The van der Waals surface area contributed by atoms with Crippen LogP contribution >= 0.6 is 11.6 Å². The maximum absolute atomic E-state index is 13.1. The highest BCUT2D eigenvalue weighted by Crippen LogP contribution is 2.30. The summed E-state index contributed by atoms with van der Waals surface area (Å²) in [7, 11) is 1.77. The summed E-state index contributed by atoms with van der Waals surface area (Å²) in [6.07, 6.45) is 3.16. The van der Waals surface area contributed by atoms with Crippen molar-refractivity contribution < 1.29 is 9.59 Å². The van der Waals surface area contributed by atoms with Crippen LogP contribution in [0.1, 0.15) is 41.7 Å². The summed E-state index contributed by atoms with van der Waals surface area (Å²) >= 11 is 6.32. The van der Waals surface area contributed by atoms with Gasteiger partial charge in [0.15, 0.2) is 0 Å². The summed E-state index contributed by atoms with van der Waals surface area (Å²) in [4.78, 5) is 26.9. The fourth-order valence-electron chi connectivity index (χ4n) is 3.75. The van der Waals surface area contributed by atoms with Gasteiger partial charge in [0.25, 0.3) is 5.91 Å². The molecule has 1 atom stereocenters. The highest BCUT2D eigenvalue weighted by Gasteiger charge is 2.23. The molecule has 7 heteroatoms. The largest absolute Gasteiger partial charge is 0.345 e. The number of carbonyl (C=O) groups is 2. The number of anilines is 1. The van der Waals surface area contributed by atoms with Crippen LogP contribution in [-0.2, 0) is 11.8 Å². The van der Waals surface area contributed by atoms with Gasteiger partial charge >= 0.3 is 0 Å². The van der Waals surface area contributed by atoms with Crippen LogP contribution in [0.5, 0.6) is 0 Å². The number of hydrogen-bond acceptors (Lipinski definition) is 3. The van der Waals surface area contributed by atoms with E-state index in [-0.39, 0.29) is 17.9 Å². The Hall–Kier alpha value is -3.12. The number of rotatable bonds is 5. The number of halogens is 1. The van der Waals surface area contributed by atoms with Crippen LogP contribution in [0.2, 0.25) is 5.02 Å². The summed E-state index contributed by atoms with van der Waals surface area (Å²) in [5.74, 6) is -0.0863. The van der Waals surface area contributed by atoms with Gasteiger partial charge in [-0.2, -0.15) is 5.10 Å². The van der Waals surface area contributed by atoms with Crippen LogP contribution in [0.4, 0.5) is 5.69 Å². The molecular formula is C23H23ClN4O2. The molecule has 0 saturated carbocycles. The smallest absolute Gasteiger partial charge is 0.255 e. The molecule has 3 aromatic rings. The number of carbonyl (C=O) groups excluding carboxylic acids is 2. The summed E-state index contributed by atoms with van der Waals surface area (Å²) in [6, 6.07) is 14.9. The summed E-state index contributed by atoms with van der Waals surface area (Å²) < 4.78 is 1.61. The highest BCUT2D eigenvalue weighted by molar-refractivity contribution is 6.33. The Balaban J connectivity index is 1.57. The summed E-state index contributed by atoms with van der Waals surface area (Å²) in [5, 5.41) is 8.03. The Morgan fingerprint density at radius 3 is 2.73 bits per heavy atom. The first kappa shape index (κ1) is 20.2. The van der Waals surface area contributed by atoms with Crippen LogP contribution in [0, 0.1) is 0 Å². The van der Waals surface area contributed by atoms with Crippen molar-refractivity contribution in [3.63, 3.8) is 0 Å². The van der Waals surface area contributed by atoms with Crippen molar-refractivity contribution in [3.8, 4) is 11.3 Å². The van der Waals surface area contributed by atoms with Gasteiger partial charge in [0.05, 0.1) is 16.6 Å². The molecule has 0 bridgehead atoms. The van der Waals surface area contributed by atoms with E-state index in [1.165, 1.54) is 0 Å². The normalized spacial score (nSPS) is 14.8. The summed E-state index contributed by atoms with van der Waals surface area (Å²) in [5.41, 5.74) is 3.53. The van der Waals surface area contributed by atoms with Gasteiger partial charge in [-0.05, 0) is 37.1 Å². The van der Waals surface area contributed by atoms with Crippen molar-refractivity contribution in [2.75, 3.05) is 11.4 Å². The molecule has 154 valence electrons. The van der Waals surface area contributed by atoms with Gasteiger partial charge in [-0.25, -0.2) is 0 Å². The van der Waals surface area contributed by atoms with Crippen molar-refractivity contribution in [2.24, 2.45) is 7.05 Å². The number of nitrogens with one attached hydrogen (secondary N) is 1. The highest BCUT2D eigenvalue weighted by atomic mass is 35.5.